The lowest BCUT2D eigenvalue weighted by atomic mass is 9.78. The Morgan fingerprint density at radius 1 is 1.58 bits per heavy atom. The van der Waals surface area contributed by atoms with Crippen molar-refractivity contribution in [1.29, 1.82) is 5.26 Å². The molecule has 0 N–H and O–H groups in total. The smallest absolute Gasteiger partial charge is 0.119 e. The maximum absolute atomic E-state index is 9.03. The largest absolute Gasteiger partial charge is 0.378 e. The van der Waals surface area contributed by atoms with E-state index in [2.05, 4.69) is 17.9 Å². The van der Waals surface area contributed by atoms with Gasteiger partial charge in [-0.3, -0.25) is 0 Å². The van der Waals surface area contributed by atoms with Gasteiger partial charge in [0.2, 0.25) is 0 Å². The second-order valence-electron chi connectivity index (χ2n) is 3.65. The first-order chi connectivity index (χ1) is 5.66. The van der Waals surface area contributed by atoms with Gasteiger partial charge in [0.15, 0.2) is 0 Å². The van der Waals surface area contributed by atoms with Gasteiger partial charge in [0.1, 0.15) is 5.41 Å². The number of nitrogens with zero attached hydrogens (tertiary/aromatic N) is 2. The Morgan fingerprint density at radius 2 is 2.17 bits per heavy atom. The molecule has 1 fully saturated rings. The molecule has 1 atom stereocenters. The van der Waals surface area contributed by atoms with Crippen LogP contribution in [0.5, 0.6) is 0 Å². The lowest BCUT2D eigenvalue weighted by Crippen LogP contribution is -2.55. The lowest BCUT2D eigenvalue weighted by Gasteiger charge is -2.44. The first-order valence-corrected chi connectivity index (χ1v) is 4.31. The molecule has 1 rings (SSSR count). The van der Waals surface area contributed by atoms with E-state index in [-0.39, 0.29) is 5.41 Å². The Morgan fingerprint density at radius 3 is 2.25 bits per heavy atom. The predicted octanol–water partition coefficient (Wildman–Crippen LogP) is 0.867. The molecule has 1 aliphatic heterocycles. The highest BCUT2D eigenvalue weighted by Gasteiger charge is 2.46. The number of hydrogen-bond acceptors (Lipinski definition) is 3. The average Bonchev–Trinajstić information content (AvgIpc) is 1.95. The molecule has 1 saturated heterocycles. The van der Waals surface area contributed by atoms with Crippen LogP contribution >= 0.6 is 0 Å². The SMILES string of the molecule is CCC(N(C)C)C1(C#N)COC1. The minimum absolute atomic E-state index is 0.238. The quantitative estimate of drug-likeness (QED) is 0.627. The number of nitriles is 1. The summed E-state index contributed by atoms with van der Waals surface area (Å²) in [5.41, 5.74) is -0.238. The highest BCUT2D eigenvalue weighted by atomic mass is 16.5. The summed E-state index contributed by atoms with van der Waals surface area (Å²) in [5.74, 6) is 0. The molecule has 68 valence electrons. The van der Waals surface area contributed by atoms with Gasteiger partial charge < -0.3 is 9.64 Å². The van der Waals surface area contributed by atoms with Crippen molar-refractivity contribution in [3.8, 4) is 6.07 Å². The molecule has 0 saturated carbocycles. The zero-order valence-corrected chi connectivity index (χ0v) is 8.00. The molecule has 0 bridgehead atoms. The van der Waals surface area contributed by atoms with Gasteiger partial charge in [0, 0.05) is 6.04 Å². The Bertz CT molecular complexity index is 191. The van der Waals surface area contributed by atoms with Gasteiger partial charge in [-0.05, 0) is 20.5 Å². The van der Waals surface area contributed by atoms with Gasteiger partial charge in [-0.15, -0.1) is 0 Å². The minimum Gasteiger partial charge on any atom is -0.378 e. The predicted molar refractivity (Wildman–Crippen MR) is 46.6 cm³/mol. The van der Waals surface area contributed by atoms with E-state index in [9.17, 15) is 0 Å². The number of hydrogen-bond donors (Lipinski definition) is 0. The standard InChI is InChI=1S/C9H16N2O/c1-4-8(11(2)3)9(5-10)6-12-7-9/h8H,4,6-7H2,1-3H3. The van der Waals surface area contributed by atoms with Crippen LogP contribution in [0.15, 0.2) is 0 Å². The first-order valence-electron chi connectivity index (χ1n) is 4.31. The highest BCUT2D eigenvalue weighted by molar-refractivity contribution is 5.10. The molecule has 0 spiro atoms. The van der Waals surface area contributed by atoms with E-state index in [1.165, 1.54) is 0 Å². The molecule has 1 heterocycles. The summed E-state index contributed by atoms with van der Waals surface area (Å²) in [7, 11) is 4.04. The molecular weight excluding hydrogens is 152 g/mol. The molecule has 0 aromatic heterocycles. The Hall–Kier alpha value is -0.590. The average molecular weight is 168 g/mol. The zero-order valence-electron chi connectivity index (χ0n) is 8.00. The fourth-order valence-electron chi connectivity index (χ4n) is 1.90. The summed E-state index contributed by atoms with van der Waals surface area (Å²) in [6.07, 6.45) is 1.00. The van der Waals surface area contributed by atoms with E-state index in [0.717, 1.165) is 6.42 Å². The van der Waals surface area contributed by atoms with Crippen molar-refractivity contribution < 1.29 is 4.74 Å². The number of ether oxygens (including phenoxy) is 1. The summed E-state index contributed by atoms with van der Waals surface area (Å²) in [6.45, 7) is 3.31. The first kappa shape index (κ1) is 9.50. The molecule has 12 heavy (non-hydrogen) atoms. The van der Waals surface area contributed by atoms with Crippen LogP contribution in [0.2, 0.25) is 0 Å². The zero-order chi connectivity index (χ0) is 9.19. The van der Waals surface area contributed by atoms with E-state index in [1.807, 2.05) is 14.1 Å². The van der Waals surface area contributed by atoms with Gasteiger partial charge >= 0.3 is 0 Å². The van der Waals surface area contributed by atoms with Crippen molar-refractivity contribution in [2.24, 2.45) is 5.41 Å². The van der Waals surface area contributed by atoms with E-state index in [0.29, 0.717) is 19.3 Å². The van der Waals surface area contributed by atoms with E-state index in [1.54, 1.807) is 0 Å². The molecule has 3 heteroatoms. The topological polar surface area (TPSA) is 36.3 Å². The number of rotatable bonds is 3. The van der Waals surface area contributed by atoms with Crippen molar-refractivity contribution >= 4 is 0 Å². The van der Waals surface area contributed by atoms with Gasteiger partial charge in [-0.25, -0.2) is 0 Å². The normalized spacial score (nSPS) is 22.9. The summed E-state index contributed by atoms with van der Waals surface area (Å²) < 4.78 is 5.11. The van der Waals surface area contributed by atoms with Crippen molar-refractivity contribution in [3.05, 3.63) is 0 Å². The molecule has 1 aliphatic rings. The highest BCUT2D eigenvalue weighted by Crippen LogP contribution is 2.34. The summed E-state index contributed by atoms with van der Waals surface area (Å²) >= 11 is 0. The summed E-state index contributed by atoms with van der Waals surface area (Å²) in [6, 6.07) is 2.71. The van der Waals surface area contributed by atoms with E-state index < -0.39 is 0 Å². The van der Waals surface area contributed by atoms with Crippen LogP contribution in [-0.4, -0.2) is 38.3 Å². The molecular formula is C9H16N2O. The lowest BCUT2D eigenvalue weighted by molar-refractivity contribution is -0.114. The van der Waals surface area contributed by atoms with Crippen LogP contribution in [0.1, 0.15) is 13.3 Å². The van der Waals surface area contributed by atoms with Crippen LogP contribution in [0, 0.1) is 16.7 Å². The fourth-order valence-corrected chi connectivity index (χ4v) is 1.90. The Balaban J connectivity index is 2.70. The van der Waals surface area contributed by atoms with Gasteiger partial charge in [-0.2, -0.15) is 5.26 Å². The van der Waals surface area contributed by atoms with Crippen LogP contribution in [0.4, 0.5) is 0 Å². The second kappa shape index (κ2) is 3.42. The molecule has 0 aromatic rings. The van der Waals surface area contributed by atoms with E-state index in [4.69, 9.17) is 10.00 Å². The molecule has 0 radical (unpaired) electrons. The third-order valence-electron chi connectivity index (χ3n) is 2.59. The monoisotopic (exact) mass is 168 g/mol. The maximum Gasteiger partial charge on any atom is 0.119 e. The van der Waals surface area contributed by atoms with Gasteiger partial charge in [0.25, 0.3) is 0 Å². The van der Waals surface area contributed by atoms with Crippen LogP contribution in [0.3, 0.4) is 0 Å². The third-order valence-corrected chi connectivity index (χ3v) is 2.59. The van der Waals surface area contributed by atoms with Crippen LogP contribution < -0.4 is 0 Å². The van der Waals surface area contributed by atoms with Crippen molar-refractivity contribution in [1.82, 2.24) is 4.90 Å². The van der Waals surface area contributed by atoms with Gasteiger partial charge in [-0.1, -0.05) is 6.92 Å². The van der Waals surface area contributed by atoms with Crippen molar-refractivity contribution in [2.45, 2.75) is 19.4 Å². The van der Waals surface area contributed by atoms with Crippen molar-refractivity contribution in [3.63, 3.8) is 0 Å². The Labute approximate surface area is 73.9 Å². The maximum atomic E-state index is 9.03. The second-order valence-corrected chi connectivity index (χ2v) is 3.65. The summed E-state index contributed by atoms with van der Waals surface area (Å²) in [5, 5.41) is 9.03. The van der Waals surface area contributed by atoms with Crippen LogP contribution in [-0.2, 0) is 4.74 Å². The molecule has 1 unspecified atom stereocenters. The fraction of sp³-hybridized carbons (Fsp3) is 0.889. The molecule has 3 nitrogen and oxygen atoms in total. The Kier molecular flexibility index (Phi) is 2.71. The van der Waals surface area contributed by atoms with Crippen molar-refractivity contribution in [2.75, 3.05) is 27.3 Å². The minimum atomic E-state index is -0.238. The molecule has 0 aromatic carbocycles. The molecule has 0 amide bonds. The third kappa shape index (κ3) is 1.33. The van der Waals surface area contributed by atoms with Gasteiger partial charge in [0.05, 0.1) is 19.3 Å². The van der Waals surface area contributed by atoms with E-state index >= 15 is 0 Å². The summed E-state index contributed by atoms with van der Waals surface area (Å²) in [4.78, 5) is 2.12. The van der Waals surface area contributed by atoms with Crippen LogP contribution in [0.25, 0.3) is 0 Å². The molecule has 0 aliphatic carbocycles.